The van der Waals surface area contributed by atoms with Gasteiger partial charge in [-0.25, -0.2) is 13.5 Å². The highest BCUT2D eigenvalue weighted by atomic mass is 32.1. The average molecular weight is 437 g/mol. The van der Waals surface area contributed by atoms with Crippen LogP contribution in [0.15, 0.2) is 76.1 Å². The molecule has 0 radical (unpaired) electrons. The minimum Gasteiger partial charge on any atom is -0.354 e. The molecule has 0 aliphatic rings. The summed E-state index contributed by atoms with van der Waals surface area (Å²) in [5.41, 5.74) is 4.30. The van der Waals surface area contributed by atoms with E-state index in [0.29, 0.717) is 0 Å². The normalized spacial score (nSPS) is 12.2. The summed E-state index contributed by atoms with van der Waals surface area (Å²) in [5, 5.41) is 6.64. The first-order chi connectivity index (χ1) is 15.1. The summed E-state index contributed by atoms with van der Waals surface area (Å²) in [4.78, 5) is 8.76. The zero-order chi connectivity index (χ0) is 21.6. The summed E-state index contributed by atoms with van der Waals surface area (Å²) in [7, 11) is 0. The lowest BCUT2D eigenvalue weighted by Gasteiger charge is -2.03. The van der Waals surface area contributed by atoms with Gasteiger partial charge in [0.2, 0.25) is 4.80 Å². The van der Waals surface area contributed by atoms with Crippen molar-refractivity contribution in [3.63, 3.8) is 0 Å². The van der Waals surface area contributed by atoms with Crippen LogP contribution in [0.1, 0.15) is 25.5 Å². The number of halogens is 2. The van der Waals surface area contributed by atoms with Crippen molar-refractivity contribution in [1.82, 2.24) is 9.66 Å². The van der Waals surface area contributed by atoms with Crippen LogP contribution in [0.2, 0.25) is 0 Å². The van der Waals surface area contributed by atoms with Crippen molar-refractivity contribution >= 4 is 17.6 Å². The fourth-order valence-corrected chi connectivity index (χ4v) is 3.94. The standard InChI is InChI=1S/C24H22F2N4S/c1-2-3-14-27-24-30(23(16-31-24)18-6-10-20(26)11-7-18)28-15-21-12-13-22(29-21)17-4-8-19(25)9-5-17/h4-13,15-16,29H,2-3,14H2,1H3/b27-24?,28-15+. The summed E-state index contributed by atoms with van der Waals surface area (Å²) >= 11 is 1.51. The minimum atomic E-state index is -0.276. The van der Waals surface area contributed by atoms with Crippen LogP contribution in [0, 0.1) is 11.6 Å². The number of nitrogens with one attached hydrogen (secondary N) is 1. The predicted molar refractivity (Wildman–Crippen MR) is 122 cm³/mol. The number of aromatic nitrogens is 2. The molecule has 0 amide bonds. The molecule has 0 aliphatic carbocycles. The Labute approximate surface area is 183 Å². The molecule has 0 fully saturated rings. The summed E-state index contributed by atoms with van der Waals surface area (Å²) in [6.07, 6.45) is 3.80. The maximum atomic E-state index is 13.4. The maximum Gasteiger partial charge on any atom is 0.206 e. The molecule has 0 aliphatic heterocycles. The zero-order valence-electron chi connectivity index (χ0n) is 17.1. The number of hydrogen-bond donors (Lipinski definition) is 1. The molecule has 2 heterocycles. The molecule has 0 spiro atoms. The van der Waals surface area contributed by atoms with Crippen molar-refractivity contribution in [2.24, 2.45) is 10.1 Å². The Kier molecular flexibility index (Phi) is 6.52. The second kappa shape index (κ2) is 9.66. The molecule has 0 saturated heterocycles. The minimum absolute atomic E-state index is 0.265. The van der Waals surface area contributed by atoms with E-state index < -0.39 is 0 Å². The Morgan fingerprint density at radius 2 is 1.61 bits per heavy atom. The highest BCUT2D eigenvalue weighted by Gasteiger charge is 2.08. The highest BCUT2D eigenvalue weighted by Crippen LogP contribution is 2.21. The van der Waals surface area contributed by atoms with Crippen molar-refractivity contribution in [3.8, 4) is 22.5 Å². The quantitative estimate of drug-likeness (QED) is 0.270. The second-order valence-electron chi connectivity index (χ2n) is 7.04. The van der Waals surface area contributed by atoms with Gasteiger partial charge in [0.25, 0.3) is 0 Å². The maximum absolute atomic E-state index is 13.4. The Hall–Kier alpha value is -3.32. The van der Waals surface area contributed by atoms with Gasteiger partial charge in [-0.05, 0) is 72.6 Å². The summed E-state index contributed by atoms with van der Waals surface area (Å²) in [6.45, 7) is 2.86. The van der Waals surface area contributed by atoms with Crippen LogP contribution in [0.5, 0.6) is 0 Å². The Bertz CT molecular complexity index is 1230. The van der Waals surface area contributed by atoms with Crippen molar-refractivity contribution in [2.45, 2.75) is 19.8 Å². The first-order valence-electron chi connectivity index (χ1n) is 10.1. The molecule has 0 saturated carbocycles. The zero-order valence-corrected chi connectivity index (χ0v) is 17.9. The van der Waals surface area contributed by atoms with Gasteiger partial charge >= 0.3 is 0 Å². The number of unbranched alkanes of at least 4 members (excludes halogenated alkanes) is 1. The molecule has 0 atom stereocenters. The van der Waals surface area contributed by atoms with Crippen molar-refractivity contribution < 1.29 is 8.78 Å². The van der Waals surface area contributed by atoms with E-state index in [1.807, 2.05) is 17.5 Å². The SMILES string of the molecule is CCCCN=c1scc(-c2ccc(F)cc2)n1/N=C/c1ccc(-c2ccc(F)cc2)[nH]1. The number of thiazole rings is 1. The highest BCUT2D eigenvalue weighted by molar-refractivity contribution is 7.07. The lowest BCUT2D eigenvalue weighted by molar-refractivity contribution is 0.627. The van der Waals surface area contributed by atoms with Crippen LogP contribution in [0.4, 0.5) is 8.78 Å². The first kappa shape index (κ1) is 20.9. The van der Waals surface area contributed by atoms with E-state index in [9.17, 15) is 8.78 Å². The van der Waals surface area contributed by atoms with Gasteiger partial charge in [0.1, 0.15) is 11.6 Å². The third-order valence-electron chi connectivity index (χ3n) is 4.76. The number of aromatic amines is 1. The monoisotopic (exact) mass is 436 g/mol. The number of hydrogen-bond acceptors (Lipinski definition) is 3. The number of rotatable bonds is 7. The molecule has 2 aromatic carbocycles. The van der Waals surface area contributed by atoms with Gasteiger partial charge in [0, 0.05) is 23.2 Å². The van der Waals surface area contributed by atoms with E-state index in [1.165, 1.54) is 35.6 Å². The van der Waals surface area contributed by atoms with Crippen molar-refractivity contribution in [2.75, 3.05) is 6.54 Å². The number of benzene rings is 2. The molecular weight excluding hydrogens is 414 g/mol. The van der Waals surface area contributed by atoms with Crippen LogP contribution in [0.3, 0.4) is 0 Å². The van der Waals surface area contributed by atoms with Crippen LogP contribution >= 0.6 is 11.3 Å². The molecule has 31 heavy (non-hydrogen) atoms. The van der Waals surface area contributed by atoms with Crippen LogP contribution < -0.4 is 4.80 Å². The van der Waals surface area contributed by atoms with E-state index in [1.54, 1.807) is 35.2 Å². The van der Waals surface area contributed by atoms with E-state index in [4.69, 9.17) is 0 Å². The first-order valence-corrected chi connectivity index (χ1v) is 11.0. The van der Waals surface area contributed by atoms with Gasteiger partial charge in [0.15, 0.2) is 0 Å². The fraction of sp³-hybridized carbons (Fsp3) is 0.167. The van der Waals surface area contributed by atoms with Crippen LogP contribution in [-0.4, -0.2) is 22.4 Å². The second-order valence-corrected chi connectivity index (χ2v) is 7.87. The van der Waals surface area contributed by atoms with Gasteiger partial charge in [-0.15, -0.1) is 11.3 Å². The molecule has 4 rings (SSSR count). The van der Waals surface area contributed by atoms with Crippen molar-refractivity contribution in [3.05, 3.63) is 88.2 Å². The van der Waals surface area contributed by atoms with Gasteiger partial charge in [0.05, 0.1) is 17.6 Å². The average Bonchev–Trinajstić information content (AvgIpc) is 3.41. The predicted octanol–water partition coefficient (Wildman–Crippen LogP) is 6.07. The largest absolute Gasteiger partial charge is 0.354 e. The topological polar surface area (TPSA) is 45.4 Å². The molecule has 158 valence electrons. The van der Waals surface area contributed by atoms with Crippen LogP contribution in [0.25, 0.3) is 22.5 Å². The van der Waals surface area contributed by atoms with Gasteiger partial charge < -0.3 is 4.98 Å². The Morgan fingerprint density at radius 1 is 0.935 bits per heavy atom. The van der Waals surface area contributed by atoms with Gasteiger partial charge in [-0.2, -0.15) is 5.10 Å². The molecule has 7 heteroatoms. The van der Waals surface area contributed by atoms with E-state index in [2.05, 4.69) is 22.0 Å². The molecular formula is C24H22F2N4S. The number of nitrogens with zero attached hydrogens (tertiary/aromatic N) is 3. The fourth-order valence-electron chi connectivity index (χ4n) is 3.08. The number of H-pyrrole nitrogens is 1. The molecule has 4 nitrogen and oxygen atoms in total. The summed E-state index contributed by atoms with van der Waals surface area (Å²) in [6, 6.07) is 16.5. The Balaban J connectivity index is 1.67. The van der Waals surface area contributed by atoms with E-state index in [-0.39, 0.29) is 11.6 Å². The van der Waals surface area contributed by atoms with E-state index >= 15 is 0 Å². The smallest absolute Gasteiger partial charge is 0.206 e. The third-order valence-corrected chi connectivity index (χ3v) is 5.61. The summed E-state index contributed by atoms with van der Waals surface area (Å²) in [5.74, 6) is -0.541. The molecule has 2 aromatic heterocycles. The van der Waals surface area contributed by atoms with Crippen LogP contribution in [-0.2, 0) is 0 Å². The molecule has 1 N–H and O–H groups in total. The van der Waals surface area contributed by atoms with Crippen molar-refractivity contribution in [1.29, 1.82) is 0 Å². The van der Waals surface area contributed by atoms with E-state index in [0.717, 1.165) is 52.4 Å². The lowest BCUT2D eigenvalue weighted by Crippen LogP contribution is -2.12. The van der Waals surface area contributed by atoms with Gasteiger partial charge in [-0.3, -0.25) is 4.99 Å². The summed E-state index contributed by atoms with van der Waals surface area (Å²) < 4.78 is 28.3. The molecule has 0 bridgehead atoms. The molecule has 4 aromatic rings. The Morgan fingerprint density at radius 3 is 2.29 bits per heavy atom. The molecule has 0 unspecified atom stereocenters. The third kappa shape index (κ3) is 5.06. The lowest BCUT2D eigenvalue weighted by atomic mass is 10.1. The van der Waals surface area contributed by atoms with Gasteiger partial charge in [-0.1, -0.05) is 13.3 Å².